The molecule has 2 fully saturated rings. The standard InChI is InChI=1S/C10H17BO6/c1-5-3-14-10(16-5)15-4-6-8(13-2)7(12)9(11)17-6/h5-10,12H,3-4H2,1-2H3/t5?,6-,7+,8?,9-,10?/m1/s1. The Kier molecular flexibility index (Phi) is 4.40. The van der Waals surface area contributed by atoms with Crippen molar-refractivity contribution in [3.63, 3.8) is 0 Å². The summed E-state index contributed by atoms with van der Waals surface area (Å²) < 4.78 is 26.3. The molecule has 3 unspecified atom stereocenters. The van der Waals surface area contributed by atoms with E-state index in [0.717, 1.165) is 0 Å². The monoisotopic (exact) mass is 244 g/mol. The second-order valence-corrected chi connectivity index (χ2v) is 4.23. The van der Waals surface area contributed by atoms with E-state index in [1.807, 2.05) is 6.92 Å². The molecule has 0 aromatic heterocycles. The fourth-order valence-electron chi connectivity index (χ4n) is 1.94. The van der Waals surface area contributed by atoms with Crippen LogP contribution < -0.4 is 0 Å². The Morgan fingerprint density at radius 3 is 2.76 bits per heavy atom. The Morgan fingerprint density at radius 2 is 2.18 bits per heavy atom. The van der Waals surface area contributed by atoms with Crippen LogP contribution in [0.3, 0.4) is 0 Å². The van der Waals surface area contributed by atoms with Gasteiger partial charge in [0, 0.05) is 13.1 Å². The van der Waals surface area contributed by atoms with Gasteiger partial charge >= 0.3 is 0 Å². The summed E-state index contributed by atoms with van der Waals surface area (Å²) >= 11 is 0. The minimum atomic E-state index is -0.849. The first-order valence-electron chi connectivity index (χ1n) is 5.62. The molecule has 2 aliphatic rings. The fourth-order valence-corrected chi connectivity index (χ4v) is 1.94. The molecule has 0 bridgehead atoms. The Hall–Kier alpha value is -0.175. The summed E-state index contributed by atoms with van der Waals surface area (Å²) in [5.74, 6) is 0. The summed E-state index contributed by atoms with van der Waals surface area (Å²) in [5, 5.41) is 9.67. The predicted molar refractivity (Wildman–Crippen MR) is 57.5 cm³/mol. The maximum atomic E-state index is 9.67. The van der Waals surface area contributed by atoms with Crippen LogP contribution in [0.5, 0.6) is 0 Å². The lowest BCUT2D eigenvalue weighted by atomic mass is 9.93. The molecule has 2 saturated heterocycles. The molecule has 0 aromatic carbocycles. The minimum absolute atomic E-state index is 0.0237. The average molecular weight is 244 g/mol. The van der Waals surface area contributed by atoms with Gasteiger partial charge in [-0.1, -0.05) is 0 Å². The maximum absolute atomic E-state index is 9.67. The first kappa shape index (κ1) is 13.3. The molecule has 0 saturated carbocycles. The smallest absolute Gasteiger partial charge is 0.272 e. The van der Waals surface area contributed by atoms with Crippen molar-refractivity contribution in [1.82, 2.24) is 0 Å². The van der Waals surface area contributed by atoms with E-state index < -0.39 is 30.8 Å². The van der Waals surface area contributed by atoms with Gasteiger partial charge in [-0.3, -0.25) is 0 Å². The van der Waals surface area contributed by atoms with Crippen molar-refractivity contribution < 1.29 is 28.8 Å². The zero-order chi connectivity index (χ0) is 12.4. The van der Waals surface area contributed by atoms with Gasteiger partial charge < -0.3 is 28.8 Å². The number of methoxy groups -OCH3 is 1. The van der Waals surface area contributed by atoms with Gasteiger partial charge in [-0.15, -0.1) is 0 Å². The molecule has 7 heteroatoms. The van der Waals surface area contributed by atoms with Gasteiger partial charge in [0.2, 0.25) is 0 Å². The highest BCUT2D eigenvalue weighted by Crippen LogP contribution is 2.23. The number of rotatable bonds is 4. The third-order valence-electron chi connectivity index (χ3n) is 2.85. The van der Waals surface area contributed by atoms with E-state index in [2.05, 4.69) is 0 Å². The lowest BCUT2D eigenvalue weighted by molar-refractivity contribution is -0.248. The normalized spacial score (nSPS) is 46.5. The Labute approximate surface area is 102 Å². The summed E-state index contributed by atoms with van der Waals surface area (Å²) in [7, 11) is 7.06. The molecular weight excluding hydrogens is 227 g/mol. The first-order chi connectivity index (χ1) is 8.11. The summed E-state index contributed by atoms with van der Waals surface area (Å²) in [4.78, 5) is 0. The summed E-state index contributed by atoms with van der Waals surface area (Å²) in [6.07, 6.45) is -1.74. The highest BCUT2D eigenvalue weighted by atomic mass is 16.9. The van der Waals surface area contributed by atoms with E-state index in [4.69, 9.17) is 31.5 Å². The zero-order valence-electron chi connectivity index (χ0n) is 9.94. The molecular formula is C10H17BO6. The van der Waals surface area contributed by atoms with Crippen LogP contribution in [0.25, 0.3) is 0 Å². The number of ether oxygens (including phenoxy) is 5. The molecule has 17 heavy (non-hydrogen) atoms. The zero-order valence-corrected chi connectivity index (χ0v) is 9.94. The van der Waals surface area contributed by atoms with E-state index in [9.17, 15) is 5.11 Å². The van der Waals surface area contributed by atoms with Crippen molar-refractivity contribution in [1.29, 1.82) is 0 Å². The van der Waals surface area contributed by atoms with E-state index in [-0.39, 0.29) is 12.7 Å². The first-order valence-corrected chi connectivity index (χ1v) is 5.62. The number of hydrogen-bond donors (Lipinski definition) is 1. The maximum Gasteiger partial charge on any atom is 0.272 e. The number of hydrogen-bond acceptors (Lipinski definition) is 6. The van der Waals surface area contributed by atoms with Crippen molar-refractivity contribution in [2.45, 2.75) is 43.8 Å². The van der Waals surface area contributed by atoms with Crippen molar-refractivity contribution in [2.24, 2.45) is 0 Å². The van der Waals surface area contributed by atoms with Gasteiger partial charge in [0.25, 0.3) is 6.48 Å². The van der Waals surface area contributed by atoms with E-state index in [1.165, 1.54) is 7.11 Å². The van der Waals surface area contributed by atoms with Crippen molar-refractivity contribution in [2.75, 3.05) is 20.3 Å². The van der Waals surface area contributed by atoms with Gasteiger partial charge in [-0.2, -0.15) is 0 Å². The van der Waals surface area contributed by atoms with E-state index in [1.54, 1.807) is 0 Å². The molecule has 0 aliphatic carbocycles. The summed E-state index contributed by atoms with van der Waals surface area (Å²) in [5.41, 5.74) is 0. The van der Waals surface area contributed by atoms with Crippen molar-refractivity contribution in [3.8, 4) is 0 Å². The minimum Gasteiger partial charge on any atom is -0.388 e. The van der Waals surface area contributed by atoms with E-state index in [0.29, 0.717) is 6.61 Å². The van der Waals surface area contributed by atoms with Crippen LogP contribution in [0.1, 0.15) is 6.92 Å². The van der Waals surface area contributed by atoms with Gasteiger partial charge in [0.05, 0.1) is 19.3 Å². The Balaban J connectivity index is 1.78. The van der Waals surface area contributed by atoms with Gasteiger partial charge in [0.15, 0.2) is 0 Å². The number of aliphatic hydroxyl groups is 1. The van der Waals surface area contributed by atoms with Crippen LogP contribution >= 0.6 is 0 Å². The van der Waals surface area contributed by atoms with Crippen LogP contribution in [0, 0.1) is 0 Å². The molecule has 2 rings (SSSR count). The third kappa shape index (κ3) is 2.99. The molecule has 6 atom stereocenters. The molecule has 0 aromatic rings. The molecule has 0 amide bonds. The van der Waals surface area contributed by atoms with Crippen LogP contribution in [0.2, 0.25) is 0 Å². The Morgan fingerprint density at radius 1 is 1.41 bits per heavy atom. The van der Waals surface area contributed by atoms with Crippen LogP contribution in [-0.4, -0.2) is 70.2 Å². The molecule has 2 aliphatic heterocycles. The highest BCUT2D eigenvalue weighted by molar-refractivity contribution is 6.11. The molecule has 2 heterocycles. The lowest BCUT2D eigenvalue weighted by Gasteiger charge is -2.20. The Bertz CT molecular complexity index is 253. The second kappa shape index (κ2) is 5.64. The summed E-state index contributed by atoms with van der Waals surface area (Å²) in [6, 6.07) is -0.752. The SMILES string of the molecule is [B][C@@H]1O[C@H](COC2OCC(C)O2)C(OC)[C@@H]1O. The topological polar surface area (TPSA) is 66.4 Å². The van der Waals surface area contributed by atoms with Crippen molar-refractivity contribution >= 4 is 7.85 Å². The average Bonchev–Trinajstić information content (AvgIpc) is 2.82. The largest absolute Gasteiger partial charge is 0.388 e. The highest BCUT2D eigenvalue weighted by Gasteiger charge is 2.41. The molecule has 1 N–H and O–H groups in total. The predicted octanol–water partition coefficient (Wildman–Crippen LogP) is -1.01. The molecule has 0 spiro atoms. The second-order valence-electron chi connectivity index (χ2n) is 4.23. The lowest BCUT2D eigenvalue weighted by Crippen LogP contribution is -2.37. The van der Waals surface area contributed by atoms with Gasteiger partial charge in [-0.05, 0) is 6.92 Å². The number of aliphatic hydroxyl groups excluding tert-OH is 1. The van der Waals surface area contributed by atoms with Gasteiger partial charge in [0.1, 0.15) is 26.2 Å². The third-order valence-corrected chi connectivity index (χ3v) is 2.85. The summed E-state index contributed by atoms with van der Waals surface area (Å²) in [6.45, 7) is 1.92. The van der Waals surface area contributed by atoms with E-state index >= 15 is 0 Å². The van der Waals surface area contributed by atoms with Crippen LogP contribution in [0.4, 0.5) is 0 Å². The molecule has 96 valence electrons. The van der Waals surface area contributed by atoms with Crippen LogP contribution in [-0.2, 0) is 23.7 Å². The van der Waals surface area contributed by atoms with Crippen molar-refractivity contribution in [3.05, 3.63) is 0 Å². The quantitative estimate of drug-likeness (QED) is 0.639. The molecule has 6 nitrogen and oxygen atoms in total. The van der Waals surface area contributed by atoms with Crippen LogP contribution in [0.15, 0.2) is 0 Å². The fraction of sp³-hybridized carbons (Fsp3) is 1.00. The van der Waals surface area contributed by atoms with Gasteiger partial charge in [-0.25, -0.2) is 0 Å². The molecule has 2 radical (unpaired) electrons.